The average molecular weight is 623 g/mol. The third-order valence-corrected chi connectivity index (χ3v) is 14.6. The lowest BCUT2D eigenvalue weighted by Crippen LogP contribution is -2.67. The van der Waals surface area contributed by atoms with Crippen LogP contribution in [0.25, 0.3) is 0 Å². The SMILES string of the molecule is CC(C)=CCC[C@](C)(OC1O[C@H](CO)[C@@H](O)[C@H](O)[C@H]1O)C1CC[C@]2(C)C1[C@H](O)CC1[C@@]3(C)CC[C@H](O)C(C)(C)C3CC[C@]12C. The van der Waals surface area contributed by atoms with Crippen molar-refractivity contribution >= 4 is 0 Å². The van der Waals surface area contributed by atoms with Gasteiger partial charge in [0.25, 0.3) is 0 Å². The van der Waals surface area contributed by atoms with Crippen molar-refractivity contribution in [1.82, 2.24) is 0 Å². The topological polar surface area (TPSA) is 140 Å². The largest absolute Gasteiger partial charge is 0.394 e. The van der Waals surface area contributed by atoms with Crippen LogP contribution in [0.5, 0.6) is 0 Å². The second kappa shape index (κ2) is 11.8. The van der Waals surface area contributed by atoms with Gasteiger partial charge in [0.05, 0.1) is 24.4 Å². The molecule has 5 fully saturated rings. The monoisotopic (exact) mass is 622 g/mol. The highest BCUT2D eigenvalue weighted by molar-refractivity contribution is 5.20. The minimum Gasteiger partial charge on any atom is -0.394 e. The van der Waals surface area contributed by atoms with Crippen LogP contribution in [0.3, 0.4) is 0 Å². The molecule has 0 radical (unpaired) electrons. The van der Waals surface area contributed by atoms with E-state index in [2.05, 4.69) is 61.5 Å². The van der Waals surface area contributed by atoms with Crippen molar-refractivity contribution in [3.63, 3.8) is 0 Å². The Bertz CT molecular complexity index is 1070. The van der Waals surface area contributed by atoms with Gasteiger partial charge in [-0.25, -0.2) is 0 Å². The molecule has 8 heteroatoms. The lowest BCUT2D eigenvalue weighted by Gasteiger charge is -2.70. The molecule has 0 aromatic carbocycles. The highest BCUT2D eigenvalue weighted by Gasteiger charge is 2.71. The first kappa shape index (κ1) is 34.7. The Balaban J connectivity index is 1.49. The zero-order valence-corrected chi connectivity index (χ0v) is 28.5. The van der Waals surface area contributed by atoms with Crippen molar-refractivity contribution < 1.29 is 40.1 Å². The summed E-state index contributed by atoms with van der Waals surface area (Å²) >= 11 is 0. The number of fused-ring (bicyclic) bond motifs is 5. The van der Waals surface area contributed by atoms with Gasteiger partial charge in [0.2, 0.25) is 0 Å². The van der Waals surface area contributed by atoms with Crippen LogP contribution in [0, 0.1) is 45.3 Å². The molecule has 0 bridgehead atoms. The van der Waals surface area contributed by atoms with Crippen LogP contribution in [-0.2, 0) is 9.47 Å². The molecule has 8 nitrogen and oxygen atoms in total. The van der Waals surface area contributed by atoms with Crippen LogP contribution in [-0.4, -0.2) is 85.8 Å². The predicted octanol–water partition coefficient (Wildman–Crippen LogP) is 4.32. The molecular formula is C36H62O8. The number of allylic oxidation sites excluding steroid dienone is 2. The van der Waals surface area contributed by atoms with Gasteiger partial charge < -0.3 is 40.1 Å². The Morgan fingerprint density at radius 3 is 2.16 bits per heavy atom. The van der Waals surface area contributed by atoms with Gasteiger partial charge in [-0.2, -0.15) is 0 Å². The molecule has 6 N–H and O–H groups in total. The van der Waals surface area contributed by atoms with Crippen LogP contribution in [0.4, 0.5) is 0 Å². The molecule has 44 heavy (non-hydrogen) atoms. The fourth-order valence-electron chi connectivity index (χ4n) is 11.8. The van der Waals surface area contributed by atoms with Crippen LogP contribution in [0.2, 0.25) is 0 Å². The fourth-order valence-corrected chi connectivity index (χ4v) is 11.8. The van der Waals surface area contributed by atoms with E-state index in [4.69, 9.17) is 9.47 Å². The Labute approximate surface area is 265 Å². The van der Waals surface area contributed by atoms with Crippen LogP contribution < -0.4 is 0 Å². The molecule has 1 saturated heterocycles. The van der Waals surface area contributed by atoms with E-state index in [1.54, 1.807) is 0 Å². The summed E-state index contributed by atoms with van der Waals surface area (Å²) in [6, 6.07) is 0. The van der Waals surface area contributed by atoms with Gasteiger partial charge in [-0.05, 0) is 124 Å². The van der Waals surface area contributed by atoms with Gasteiger partial charge in [0, 0.05) is 0 Å². The molecule has 0 aromatic rings. The van der Waals surface area contributed by atoms with Crippen LogP contribution in [0.15, 0.2) is 11.6 Å². The Kier molecular flexibility index (Phi) is 9.35. The molecule has 15 atom stereocenters. The van der Waals surface area contributed by atoms with Crippen molar-refractivity contribution in [3.8, 4) is 0 Å². The quantitative estimate of drug-likeness (QED) is 0.231. The van der Waals surface area contributed by atoms with Crippen molar-refractivity contribution in [3.05, 3.63) is 11.6 Å². The minimum atomic E-state index is -1.50. The maximum absolute atomic E-state index is 12.2. The predicted molar refractivity (Wildman–Crippen MR) is 168 cm³/mol. The maximum atomic E-state index is 12.2. The molecule has 254 valence electrons. The summed E-state index contributed by atoms with van der Waals surface area (Å²) in [6.45, 7) is 17.5. The van der Waals surface area contributed by atoms with E-state index in [-0.39, 0.29) is 39.6 Å². The van der Waals surface area contributed by atoms with Crippen molar-refractivity contribution in [2.75, 3.05) is 6.61 Å². The van der Waals surface area contributed by atoms with Gasteiger partial charge in [-0.15, -0.1) is 0 Å². The summed E-state index contributed by atoms with van der Waals surface area (Å²) in [7, 11) is 0. The van der Waals surface area contributed by atoms with Gasteiger partial charge in [-0.3, -0.25) is 0 Å². The summed E-state index contributed by atoms with van der Waals surface area (Å²) in [5.41, 5.74) is 0.171. The van der Waals surface area contributed by atoms with Crippen LogP contribution in [0.1, 0.15) is 113 Å². The molecule has 5 aliphatic rings. The molecular weight excluding hydrogens is 560 g/mol. The van der Waals surface area contributed by atoms with E-state index in [0.29, 0.717) is 18.3 Å². The summed E-state index contributed by atoms with van der Waals surface area (Å²) in [5, 5.41) is 65.0. The van der Waals surface area contributed by atoms with E-state index in [1.807, 2.05) is 0 Å². The van der Waals surface area contributed by atoms with Gasteiger partial charge >= 0.3 is 0 Å². The molecule has 4 saturated carbocycles. The molecule has 1 heterocycles. The third-order valence-electron chi connectivity index (χ3n) is 14.6. The third kappa shape index (κ3) is 5.17. The molecule has 0 amide bonds. The summed E-state index contributed by atoms with van der Waals surface area (Å²) < 4.78 is 12.6. The van der Waals surface area contributed by atoms with Gasteiger partial charge in [0.1, 0.15) is 24.4 Å². The standard InChI is InChI=1S/C36H62O8/c1-20(2)10-9-14-36(8,44-31-30(42)29(41)28(40)23(19-37)43-31)21-11-16-35(7)27(21)22(38)18-25-33(5)15-13-26(39)32(3,4)24(33)12-17-34(25,35)6/h10,21-31,37-42H,9,11-19H2,1-8H3/t21?,22-,23-,24?,25?,26+,27?,28-,29+,30-,31?,33+,34-,35-,36+/m1/s1. The molecule has 5 rings (SSSR count). The van der Waals surface area contributed by atoms with E-state index in [1.165, 1.54) is 5.57 Å². The van der Waals surface area contributed by atoms with Gasteiger partial charge in [-0.1, -0.05) is 46.3 Å². The highest BCUT2D eigenvalue weighted by Crippen LogP contribution is 2.76. The first-order valence-electron chi connectivity index (χ1n) is 17.3. The van der Waals surface area contributed by atoms with Crippen molar-refractivity contribution in [2.24, 2.45) is 45.3 Å². The normalized spacial score (nSPS) is 51.5. The molecule has 0 spiro atoms. The number of aliphatic hydroxyl groups is 6. The molecule has 5 unspecified atom stereocenters. The zero-order chi connectivity index (χ0) is 32.6. The van der Waals surface area contributed by atoms with E-state index in [0.717, 1.165) is 51.4 Å². The van der Waals surface area contributed by atoms with E-state index in [9.17, 15) is 30.6 Å². The number of rotatable bonds is 7. The minimum absolute atomic E-state index is 0.0131. The summed E-state index contributed by atoms with van der Waals surface area (Å²) in [5.74, 6) is 0.713. The molecule has 0 aromatic heterocycles. The second-order valence-electron chi connectivity index (χ2n) is 17.3. The first-order chi connectivity index (χ1) is 20.4. The number of ether oxygens (including phenoxy) is 2. The fraction of sp³-hybridized carbons (Fsp3) is 0.944. The highest BCUT2D eigenvalue weighted by atomic mass is 16.7. The van der Waals surface area contributed by atoms with Crippen molar-refractivity contribution in [2.45, 2.75) is 162 Å². The summed E-state index contributed by atoms with van der Waals surface area (Å²) in [4.78, 5) is 0. The zero-order valence-electron chi connectivity index (χ0n) is 28.5. The number of aliphatic hydroxyl groups excluding tert-OH is 6. The lowest BCUT2D eigenvalue weighted by atomic mass is 9.35. The number of hydrogen-bond donors (Lipinski definition) is 6. The second-order valence-corrected chi connectivity index (χ2v) is 17.3. The van der Waals surface area contributed by atoms with Gasteiger partial charge in [0.15, 0.2) is 6.29 Å². The Hall–Kier alpha value is -0.580. The van der Waals surface area contributed by atoms with Crippen molar-refractivity contribution in [1.29, 1.82) is 0 Å². The maximum Gasteiger partial charge on any atom is 0.187 e. The smallest absolute Gasteiger partial charge is 0.187 e. The average Bonchev–Trinajstić information content (AvgIpc) is 3.33. The Morgan fingerprint density at radius 1 is 0.864 bits per heavy atom. The van der Waals surface area contributed by atoms with E-state index < -0.39 is 49.0 Å². The Morgan fingerprint density at radius 2 is 1.52 bits per heavy atom. The van der Waals surface area contributed by atoms with Crippen LogP contribution >= 0.6 is 0 Å². The molecule has 1 aliphatic heterocycles. The lowest BCUT2D eigenvalue weighted by molar-refractivity contribution is -0.336. The summed E-state index contributed by atoms with van der Waals surface area (Å²) in [6.07, 6.45) is 2.60. The first-order valence-corrected chi connectivity index (χ1v) is 17.3. The molecule has 4 aliphatic carbocycles. The van der Waals surface area contributed by atoms with E-state index >= 15 is 0 Å². The number of hydrogen-bond acceptors (Lipinski definition) is 8.